The van der Waals surface area contributed by atoms with Gasteiger partial charge in [0.25, 0.3) is 0 Å². The molecule has 0 N–H and O–H groups in total. The van der Waals surface area contributed by atoms with E-state index in [1.165, 1.54) is 17.6 Å². The molecule has 90 valence electrons. The van der Waals surface area contributed by atoms with Crippen molar-refractivity contribution in [3.05, 3.63) is 48.0 Å². The zero-order valence-corrected chi connectivity index (χ0v) is 9.58. The molecule has 0 amide bonds. The van der Waals surface area contributed by atoms with Crippen molar-refractivity contribution in [3.8, 4) is 0 Å². The third-order valence-corrected chi connectivity index (χ3v) is 3.00. The molecule has 0 radical (unpaired) electrons. The number of carbonyl (C=O) groups is 1. The Balaban J connectivity index is 2.67. The van der Waals surface area contributed by atoms with E-state index in [1.54, 1.807) is 24.3 Å². The minimum absolute atomic E-state index is 0.130. The van der Waals surface area contributed by atoms with Crippen molar-refractivity contribution in [2.75, 3.05) is 0 Å². The Morgan fingerprint density at radius 3 is 2.56 bits per heavy atom. The van der Waals surface area contributed by atoms with Gasteiger partial charge >= 0.3 is 0 Å². The number of benzene rings is 2. The number of aromatic nitrogens is 1. The molecule has 0 bridgehead atoms. The van der Waals surface area contributed by atoms with Crippen LogP contribution >= 0.6 is 0 Å². The van der Waals surface area contributed by atoms with E-state index >= 15 is 0 Å². The van der Waals surface area contributed by atoms with Gasteiger partial charge in [-0.3, -0.25) is 9.36 Å². The summed E-state index contributed by atoms with van der Waals surface area (Å²) in [7, 11) is 0. The minimum Gasteiger partial charge on any atom is -0.277 e. The standard InChI is InChI=1S/C14H9F2NO/c1-8(18)17-13-5-3-2-4-10(13)11-6-9(15)7-12(16)14(11)17/h2-7H,1H3. The molecule has 3 aromatic rings. The van der Waals surface area contributed by atoms with Crippen molar-refractivity contribution in [2.45, 2.75) is 6.92 Å². The quantitative estimate of drug-likeness (QED) is 0.591. The molecule has 0 aliphatic rings. The minimum atomic E-state index is -0.726. The molecule has 0 aliphatic heterocycles. The first-order chi connectivity index (χ1) is 8.59. The number of fused-ring (bicyclic) bond motifs is 3. The first kappa shape index (κ1) is 10.9. The zero-order chi connectivity index (χ0) is 12.9. The Morgan fingerprint density at radius 1 is 1.11 bits per heavy atom. The summed E-state index contributed by atoms with van der Waals surface area (Å²) in [6.45, 7) is 1.36. The molecule has 2 aromatic carbocycles. The highest BCUT2D eigenvalue weighted by Gasteiger charge is 2.17. The molecule has 0 unspecified atom stereocenters. The molecule has 1 aromatic heterocycles. The number of hydrogen-bond donors (Lipinski definition) is 0. The summed E-state index contributed by atoms with van der Waals surface area (Å²) in [5, 5.41) is 1.08. The Hall–Kier alpha value is -2.23. The van der Waals surface area contributed by atoms with Gasteiger partial charge in [0, 0.05) is 23.8 Å². The third kappa shape index (κ3) is 1.35. The van der Waals surface area contributed by atoms with Crippen LogP contribution in [0.4, 0.5) is 8.78 Å². The van der Waals surface area contributed by atoms with Crippen molar-refractivity contribution in [3.63, 3.8) is 0 Å². The number of rotatable bonds is 0. The number of para-hydroxylation sites is 1. The fourth-order valence-electron chi connectivity index (χ4n) is 2.34. The Morgan fingerprint density at radius 2 is 1.83 bits per heavy atom. The summed E-state index contributed by atoms with van der Waals surface area (Å²) in [6.07, 6.45) is 0. The van der Waals surface area contributed by atoms with Gasteiger partial charge < -0.3 is 0 Å². The van der Waals surface area contributed by atoms with Gasteiger partial charge in [-0.25, -0.2) is 8.78 Å². The van der Waals surface area contributed by atoms with Gasteiger partial charge in [0.15, 0.2) is 5.82 Å². The van der Waals surface area contributed by atoms with Crippen molar-refractivity contribution < 1.29 is 13.6 Å². The summed E-state index contributed by atoms with van der Waals surface area (Å²) in [4.78, 5) is 11.7. The summed E-state index contributed by atoms with van der Waals surface area (Å²) < 4.78 is 28.5. The SMILES string of the molecule is CC(=O)n1c2ccccc2c2cc(F)cc(F)c21. The van der Waals surface area contributed by atoms with Crippen LogP contribution in [0.5, 0.6) is 0 Å². The van der Waals surface area contributed by atoms with Crippen LogP contribution in [0.25, 0.3) is 21.8 Å². The van der Waals surface area contributed by atoms with Gasteiger partial charge in [0.2, 0.25) is 5.91 Å². The van der Waals surface area contributed by atoms with Gasteiger partial charge in [0.1, 0.15) is 5.82 Å². The molecule has 0 spiro atoms. The van der Waals surface area contributed by atoms with Gasteiger partial charge in [-0.1, -0.05) is 18.2 Å². The van der Waals surface area contributed by atoms with E-state index in [0.29, 0.717) is 16.3 Å². The average molecular weight is 245 g/mol. The van der Waals surface area contributed by atoms with Crippen LogP contribution in [0.3, 0.4) is 0 Å². The van der Waals surface area contributed by atoms with E-state index in [-0.39, 0.29) is 11.4 Å². The van der Waals surface area contributed by atoms with Crippen LogP contribution in [0.15, 0.2) is 36.4 Å². The monoisotopic (exact) mass is 245 g/mol. The van der Waals surface area contributed by atoms with Crippen molar-refractivity contribution in [1.29, 1.82) is 0 Å². The summed E-state index contributed by atoms with van der Waals surface area (Å²) in [5.74, 6) is -1.67. The van der Waals surface area contributed by atoms with Crippen molar-refractivity contribution in [2.24, 2.45) is 0 Å². The van der Waals surface area contributed by atoms with Gasteiger partial charge in [-0.05, 0) is 12.1 Å². The van der Waals surface area contributed by atoms with E-state index in [4.69, 9.17) is 0 Å². The fraction of sp³-hybridized carbons (Fsp3) is 0.0714. The molecule has 0 aliphatic carbocycles. The lowest BCUT2D eigenvalue weighted by Crippen LogP contribution is -2.05. The lowest BCUT2D eigenvalue weighted by molar-refractivity contribution is 0.0945. The van der Waals surface area contributed by atoms with Crippen LogP contribution < -0.4 is 0 Å². The molecule has 3 rings (SSSR count). The molecule has 0 fully saturated rings. The molecular formula is C14H9F2NO. The predicted octanol–water partition coefficient (Wildman–Crippen LogP) is 3.73. The number of hydrogen-bond acceptors (Lipinski definition) is 1. The highest BCUT2D eigenvalue weighted by Crippen LogP contribution is 2.31. The molecule has 0 saturated heterocycles. The topological polar surface area (TPSA) is 22.0 Å². The lowest BCUT2D eigenvalue weighted by atomic mass is 10.1. The highest BCUT2D eigenvalue weighted by atomic mass is 19.1. The molecule has 1 heterocycles. The molecular weight excluding hydrogens is 236 g/mol. The average Bonchev–Trinajstić information content (AvgIpc) is 2.64. The largest absolute Gasteiger partial charge is 0.277 e. The first-order valence-electron chi connectivity index (χ1n) is 5.48. The number of nitrogens with zero attached hydrogens (tertiary/aromatic N) is 1. The second-order valence-corrected chi connectivity index (χ2v) is 4.16. The maximum Gasteiger partial charge on any atom is 0.228 e. The van der Waals surface area contributed by atoms with E-state index in [2.05, 4.69) is 0 Å². The van der Waals surface area contributed by atoms with E-state index < -0.39 is 11.6 Å². The van der Waals surface area contributed by atoms with Crippen molar-refractivity contribution >= 4 is 27.7 Å². The smallest absolute Gasteiger partial charge is 0.228 e. The maximum atomic E-state index is 13.9. The van der Waals surface area contributed by atoms with Crippen LogP contribution in [-0.2, 0) is 0 Å². The van der Waals surface area contributed by atoms with Crippen LogP contribution in [0.1, 0.15) is 11.7 Å². The van der Waals surface area contributed by atoms with E-state index in [1.807, 2.05) is 0 Å². The van der Waals surface area contributed by atoms with Gasteiger partial charge in [-0.15, -0.1) is 0 Å². The molecule has 4 heteroatoms. The van der Waals surface area contributed by atoms with Gasteiger partial charge in [0.05, 0.1) is 11.0 Å². The first-order valence-corrected chi connectivity index (χ1v) is 5.48. The lowest BCUT2D eigenvalue weighted by Gasteiger charge is -2.02. The Labute approximate surface area is 101 Å². The van der Waals surface area contributed by atoms with Gasteiger partial charge in [-0.2, -0.15) is 0 Å². The zero-order valence-electron chi connectivity index (χ0n) is 9.58. The highest BCUT2D eigenvalue weighted by molar-refractivity contribution is 6.13. The Kier molecular flexibility index (Phi) is 2.20. The normalized spacial score (nSPS) is 11.3. The predicted molar refractivity (Wildman–Crippen MR) is 65.7 cm³/mol. The third-order valence-electron chi connectivity index (χ3n) is 3.00. The number of carbonyl (C=O) groups excluding carboxylic acids is 1. The molecule has 18 heavy (non-hydrogen) atoms. The molecule has 0 atom stereocenters. The molecule has 0 saturated carbocycles. The summed E-state index contributed by atoms with van der Waals surface area (Å²) in [5.41, 5.74) is 0.717. The molecule has 2 nitrogen and oxygen atoms in total. The number of halogens is 2. The summed E-state index contributed by atoms with van der Waals surface area (Å²) in [6, 6.07) is 9.04. The van der Waals surface area contributed by atoms with E-state index in [0.717, 1.165) is 6.07 Å². The Bertz CT molecular complexity index is 789. The van der Waals surface area contributed by atoms with E-state index in [9.17, 15) is 13.6 Å². The van der Waals surface area contributed by atoms with Crippen LogP contribution in [0.2, 0.25) is 0 Å². The fourth-order valence-corrected chi connectivity index (χ4v) is 2.34. The second kappa shape index (κ2) is 3.63. The summed E-state index contributed by atoms with van der Waals surface area (Å²) >= 11 is 0. The van der Waals surface area contributed by atoms with Crippen LogP contribution in [0, 0.1) is 11.6 Å². The van der Waals surface area contributed by atoms with Crippen molar-refractivity contribution in [1.82, 2.24) is 4.57 Å². The maximum absolute atomic E-state index is 13.9. The van der Waals surface area contributed by atoms with Crippen LogP contribution in [-0.4, -0.2) is 10.5 Å². The second-order valence-electron chi connectivity index (χ2n) is 4.16.